The van der Waals surface area contributed by atoms with E-state index in [1.165, 1.54) is 25.1 Å². The lowest BCUT2D eigenvalue weighted by atomic mass is 10.0. The number of hydrogen-bond donors (Lipinski definition) is 1. The van der Waals surface area contributed by atoms with Gasteiger partial charge in [0.1, 0.15) is 23.2 Å². The molecule has 1 aliphatic heterocycles. The predicted octanol–water partition coefficient (Wildman–Crippen LogP) is 5.83. The fraction of sp³-hybridized carbons (Fsp3) is 0.357. The Morgan fingerprint density at radius 2 is 1.92 bits per heavy atom. The lowest BCUT2D eigenvalue weighted by Crippen LogP contribution is -2.42. The van der Waals surface area contributed by atoms with Crippen LogP contribution >= 0.6 is 11.3 Å². The van der Waals surface area contributed by atoms with Gasteiger partial charge in [-0.3, -0.25) is 9.47 Å². The number of imidazole rings is 1. The first-order chi connectivity index (χ1) is 18.7. The molecule has 5 rings (SSSR count). The van der Waals surface area contributed by atoms with Crippen LogP contribution < -0.4 is 10.1 Å². The fourth-order valence-electron chi connectivity index (χ4n) is 4.73. The number of hydrogen-bond acceptors (Lipinski definition) is 7. The summed E-state index contributed by atoms with van der Waals surface area (Å²) in [4.78, 5) is 19.9. The molecular formula is C28H29F3N4O3S. The molecule has 2 aromatic heterocycles. The van der Waals surface area contributed by atoms with Gasteiger partial charge in [-0.1, -0.05) is 24.3 Å². The summed E-state index contributed by atoms with van der Waals surface area (Å²) in [7, 11) is 0. The number of alkyl halides is 3. The van der Waals surface area contributed by atoms with Crippen molar-refractivity contribution in [3.05, 3.63) is 76.4 Å². The molecule has 4 aromatic rings. The zero-order chi connectivity index (χ0) is 27.6. The third-order valence-corrected chi connectivity index (χ3v) is 7.71. The Hall–Kier alpha value is -3.41. The first-order valence-corrected chi connectivity index (χ1v) is 13.6. The number of piperazine rings is 1. The highest BCUT2D eigenvalue weighted by molar-refractivity contribution is 7.16. The molecule has 1 atom stereocenters. The molecule has 0 amide bonds. The van der Waals surface area contributed by atoms with Crippen molar-refractivity contribution in [2.45, 2.75) is 32.7 Å². The molecule has 7 nitrogen and oxygen atoms in total. The van der Waals surface area contributed by atoms with E-state index in [4.69, 9.17) is 9.47 Å². The van der Waals surface area contributed by atoms with Gasteiger partial charge in [0, 0.05) is 44.4 Å². The van der Waals surface area contributed by atoms with Gasteiger partial charge in [0.05, 0.1) is 23.2 Å². The number of carbonyl (C=O) groups excluding carboxylic acids is 1. The summed E-state index contributed by atoms with van der Waals surface area (Å²) in [6.45, 7) is 8.06. The van der Waals surface area contributed by atoms with Gasteiger partial charge in [-0.05, 0) is 37.6 Å². The van der Waals surface area contributed by atoms with Gasteiger partial charge in [-0.2, -0.15) is 13.2 Å². The van der Waals surface area contributed by atoms with Crippen molar-refractivity contribution in [1.29, 1.82) is 0 Å². The normalized spacial score (nSPS) is 15.4. The quantitative estimate of drug-likeness (QED) is 0.275. The van der Waals surface area contributed by atoms with Crippen LogP contribution in [0.15, 0.2) is 54.9 Å². The van der Waals surface area contributed by atoms with Crippen molar-refractivity contribution in [3.8, 4) is 10.8 Å². The van der Waals surface area contributed by atoms with Crippen LogP contribution in [0.4, 0.5) is 13.2 Å². The highest BCUT2D eigenvalue weighted by atomic mass is 32.1. The van der Waals surface area contributed by atoms with Gasteiger partial charge in [-0.25, -0.2) is 9.78 Å². The number of thiophene rings is 1. The molecule has 0 bridgehead atoms. The Bertz CT molecular complexity index is 1460. The van der Waals surface area contributed by atoms with Gasteiger partial charge in [-0.15, -0.1) is 11.3 Å². The molecule has 11 heteroatoms. The Labute approximate surface area is 228 Å². The largest absolute Gasteiger partial charge is 0.484 e. The van der Waals surface area contributed by atoms with Crippen LogP contribution in [0.25, 0.3) is 16.0 Å². The van der Waals surface area contributed by atoms with Crippen molar-refractivity contribution in [3.63, 3.8) is 0 Å². The number of aromatic nitrogens is 2. The topological polar surface area (TPSA) is 68.6 Å². The van der Waals surface area contributed by atoms with E-state index in [9.17, 15) is 18.0 Å². The molecule has 0 spiro atoms. The molecule has 1 aliphatic rings. The average Bonchev–Trinajstić information content (AvgIpc) is 3.53. The molecule has 0 radical (unpaired) electrons. The first-order valence-electron chi connectivity index (χ1n) is 12.8. The second-order valence-electron chi connectivity index (χ2n) is 9.31. The second kappa shape index (κ2) is 11.4. The van der Waals surface area contributed by atoms with Crippen molar-refractivity contribution in [2.75, 3.05) is 32.8 Å². The van der Waals surface area contributed by atoms with Crippen molar-refractivity contribution in [1.82, 2.24) is 19.8 Å². The molecule has 39 heavy (non-hydrogen) atoms. The van der Waals surface area contributed by atoms with E-state index in [0.29, 0.717) is 5.00 Å². The van der Waals surface area contributed by atoms with Crippen molar-refractivity contribution < 1.29 is 27.4 Å². The Balaban J connectivity index is 1.49. The molecule has 1 fully saturated rings. The maximum absolute atomic E-state index is 13.6. The average molecular weight is 559 g/mol. The highest BCUT2D eigenvalue weighted by Crippen LogP contribution is 2.39. The number of ether oxygens (including phenoxy) is 2. The minimum Gasteiger partial charge on any atom is -0.484 e. The van der Waals surface area contributed by atoms with E-state index in [2.05, 4.69) is 27.3 Å². The van der Waals surface area contributed by atoms with Crippen LogP contribution in [0.2, 0.25) is 0 Å². The summed E-state index contributed by atoms with van der Waals surface area (Å²) < 4.78 is 54.0. The predicted molar refractivity (Wildman–Crippen MR) is 144 cm³/mol. The van der Waals surface area contributed by atoms with E-state index in [1.54, 1.807) is 19.3 Å². The van der Waals surface area contributed by atoms with Gasteiger partial charge in [0.15, 0.2) is 4.88 Å². The van der Waals surface area contributed by atoms with Crippen molar-refractivity contribution in [2.24, 2.45) is 0 Å². The van der Waals surface area contributed by atoms with E-state index < -0.39 is 23.8 Å². The molecule has 0 unspecified atom stereocenters. The molecule has 2 aromatic carbocycles. The van der Waals surface area contributed by atoms with Crippen LogP contribution in [0.3, 0.4) is 0 Å². The molecule has 1 saturated heterocycles. The van der Waals surface area contributed by atoms with Crippen LogP contribution in [0, 0.1) is 0 Å². The van der Waals surface area contributed by atoms with Gasteiger partial charge in [0.25, 0.3) is 0 Å². The Morgan fingerprint density at radius 3 is 2.67 bits per heavy atom. The summed E-state index contributed by atoms with van der Waals surface area (Å²) in [5.74, 6) is -0.430. The Morgan fingerprint density at radius 1 is 1.15 bits per heavy atom. The van der Waals surface area contributed by atoms with Crippen LogP contribution in [0.1, 0.15) is 46.3 Å². The number of fused-ring (bicyclic) bond motifs is 1. The van der Waals surface area contributed by atoms with Gasteiger partial charge >= 0.3 is 12.1 Å². The van der Waals surface area contributed by atoms with Gasteiger partial charge in [0.2, 0.25) is 0 Å². The van der Waals surface area contributed by atoms with Crippen LogP contribution in [-0.2, 0) is 17.5 Å². The SMILES string of the molecule is CCOC(=O)c1sc(-n2cnc3ccc(CN4CCNCC4)cc32)cc1O[C@H](C)c1ccccc1C(F)(F)F. The van der Waals surface area contributed by atoms with Gasteiger partial charge < -0.3 is 14.8 Å². The number of nitrogens with zero attached hydrogens (tertiary/aromatic N) is 3. The first kappa shape index (κ1) is 27.2. The van der Waals surface area contributed by atoms with E-state index in [-0.39, 0.29) is 22.8 Å². The summed E-state index contributed by atoms with van der Waals surface area (Å²) >= 11 is 1.15. The molecule has 3 heterocycles. The highest BCUT2D eigenvalue weighted by Gasteiger charge is 2.35. The standard InChI is InChI=1S/C28H29F3N4O3S/c1-3-37-27(36)26-24(38-18(2)20-6-4-5-7-21(20)28(29,30)31)15-25(39-26)35-17-33-22-9-8-19(14-23(22)35)16-34-12-10-32-11-13-34/h4-9,14-15,17-18,32H,3,10-13,16H2,1-2H3/t18-/m1/s1. The molecule has 0 saturated carbocycles. The van der Waals surface area contributed by atoms with Crippen LogP contribution in [-0.4, -0.2) is 53.2 Å². The van der Waals surface area contributed by atoms with Crippen molar-refractivity contribution >= 4 is 28.3 Å². The monoisotopic (exact) mass is 558 g/mol. The maximum atomic E-state index is 13.6. The summed E-state index contributed by atoms with van der Waals surface area (Å²) in [6.07, 6.45) is -3.83. The molecule has 1 N–H and O–H groups in total. The Kier molecular flexibility index (Phi) is 7.92. The number of benzene rings is 2. The number of carbonyl (C=O) groups is 1. The second-order valence-corrected chi connectivity index (χ2v) is 10.3. The smallest absolute Gasteiger partial charge is 0.416 e. The minimum atomic E-state index is -4.53. The zero-order valence-corrected chi connectivity index (χ0v) is 22.4. The third-order valence-electron chi connectivity index (χ3n) is 6.62. The lowest BCUT2D eigenvalue weighted by molar-refractivity contribution is -0.139. The number of halogens is 3. The van der Waals surface area contributed by atoms with E-state index in [1.807, 2.05) is 10.6 Å². The lowest BCUT2D eigenvalue weighted by Gasteiger charge is -2.27. The number of esters is 1. The summed E-state index contributed by atoms with van der Waals surface area (Å²) in [5.41, 5.74) is 2.00. The number of rotatable bonds is 8. The summed E-state index contributed by atoms with van der Waals surface area (Å²) in [5, 5.41) is 4.00. The molecule has 206 valence electrons. The maximum Gasteiger partial charge on any atom is 0.416 e. The third kappa shape index (κ3) is 5.95. The van der Waals surface area contributed by atoms with E-state index >= 15 is 0 Å². The summed E-state index contributed by atoms with van der Waals surface area (Å²) in [6, 6.07) is 13.1. The van der Waals surface area contributed by atoms with E-state index in [0.717, 1.165) is 66.7 Å². The van der Waals surface area contributed by atoms with Crippen LogP contribution in [0.5, 0.6) is 5.75 Å². The zero-order valence-electron chi connectivity index (χ0n) is 21.6. The number of nitrogens with one attached hydrogen (secondary N) is 1. The molecular weight excluding hydrogens is 529 g/mol. The molecule has 0 aliphatic carbocycles. The fourth-order valence-corrected chi connectivity index (χ4v) is 5.69. The minimum absolute atomic E-state index is 0.0156.